The molecule has 1 aliphatic heterocycles. The molecule has 0 bridgehead atoms. The SMILES string of the molecule is CCCCN1CCC(c2cccc(F)c2C2CC(C)(C)CC(C)(C)C2)CC1.Cl. The Kier molecular flexibility index (Phi) is 8.01. The van der Waals surface area contributed by atoms with Crippen LogP contribution in [0.25, 0.3) is 0 Å². The van der Waals surface area contributed by atoms with E-state index in [1.54, 1.807) is 6.07 Å². The summed E-state index contributed by atoms with van der Waals surface area (Å²) in [4.78, 5) is 2.60. The molecule has 3 heteroatoms. The Bertz CT molecular complexity index is 615. The van der Waals surface area contributed by atoms with Gasteiger partial charge in [-0.25, -0.2) is 4.39 Å². The zero-order valence-corrected chi connectivity index (χ0v) is 19.5. The molecule has 0 radical (unpaired) electrons. The molecule has 2 aliphatic rings. The Morgan fingerprint density at radius 3 is 2.18 bits per heavy atom. The van der Waals surface area contributed by atoms with Gasteiger partial charge < -0.3 is 4.90 Å². The quantitative estimate of drug-likeness (QED) is 0.485. The van der Waals surface area contributed by atoms with Crippen LogP contribution in [0.5, 0.6) is 0 Å². The lowest BCUT2D eigenvalue weighted by atomic mass is 9.59. The van der Waals surface area contributed by atoms with Crippen LogP contribution in [0.2, 0.25) is 0 Å². The standard InChI is InChI=1S/C25H40FN.ClH/c1-6-7-13-27-14-11-19(12-15-27)21-9-8-10-22(26)23(21)20-16-24(2,3)18-25(4,5)17-20;/h8-10,19-20H,6-7,11-18H2,1-5H3;1H. The molecule has 28 heavy (non-hydrogen) atoms. The maximum Gasteiger partial charge on any atom is 0.126 e. The van der Waals surface area contributed by atoms with Crippen LogP contribution in [0.1, 0.15) is 103 Å². The maximum absolute atomic E-state index is 15.1. The second kappa shape index (κ2) is 9.47. The number of halogens is 2. The molecule has 0 spiro atoms. The van der Waals surface area contributed by atoms with Gasteiger partial charge in [-0.1, -0.05) is 53.2 Å². The average molecular weight is 410 g/mol. The summed E-state index contributed by atoms with van der Waals surface area (Å²) in [6.45, 7) is 15.3. The molecule has 0 amide bonds. The lowest BCUT2D eigenvalue weighted by Crippen LogP contribution is -2.35. The highest BCUT2D eigenvalue weighted by molar-refractivity contribution is 5.85. The van der Waals surface area contributed by atoms with Crippen molar-refractivity contribution >= 4 is 12.4 Å². The first-order chi connectivity index (χ1) is 12.7. The van der Waals surface area contributed by atoms with Crippen LogP contribution >= 0.6 is 12.4 Å². The zero-order chi connectivity index (χ0) is 19.7. The third-order valence-electron chi connectivity index (χ3n) is 6.91. The molecule has 1 nitrogen and oxygen atoms in total. The summed E-state index contributed by atoms with van der Waals surface area (Å²) in [5, 5.41) is 0. The van der Waals surface area contributed by atoms with E-state index in [-0.39, 0.29) is 29.1 Å². The molecule has 1 heterocycles. The van der Waals surface area contributed by atoms with Crippen LogP contribution in [0.3, 0.4) is 0 Å². The highest BCUT2D eigenvalue weighted by atomic mass is 35.5. The van der Waals surface area contributed by atoms with E-state index in [9.17, 15) is 0 Å². The summed E-state index contributed by atoms with van der Waals surface area (Å²) < 4.78 is 15.1. The summed E-state index contributed by atoms with van der Waals surface area (Å²) in [6.07, 6.45) is 8.37. The van der Waals surface area contributed by atoms with Crippen molar-refractivity contribution in [3.05, 3.63) is 35.1 Å². The molecule has 2 fully saturated rings. The Morgan fingerprint density at radius 1 is 1.00 bits per heavy atom. The molecule has 3 rings (SSSR count). The molecule has 1 saturated heterocycles. The number of rotatable bonds is 5. The number of hydrogen-bond donors (Lipinski definition) is 0. The summed E-state index contributed by atoms with van der Waals surface area (Å²) >= 11 is 0. The first-order valence-corrected chi connectivity index (χ1v) is 11.2. The molecule has 1 aromatic carbocycles. The number of unbranched alkanes of at least 4 members (excludes halogenated alkanes) is 1. The number of nitrogens with zero attached hydrogens (tertiary/aromatic N) is 1. The minimum absolute atomic E-state index is 0. The van der Waals surface area contributed by atoms with Gasteiger partial charge in [0.15, 0.2) is 0 Å². The van der Waals surface area contributed by atoms with Crippen molar-refractivity contribution in [1.29, 1.82) is 0 Å². The van der Waals surface area contributed by atoms with E-state index in [4.69, 9.17) is 0 Å². The van der Waals surface area contributed by atoms with Crippen LogP contribution in [-0.4, -0.2) is 24.5 Å². The highest BCUT2D eigenvalue weighted by Gasteiger charge is 2.41. The van der Waals surface area contributed by atoms with Crippen molar-refractivity contribution < 1.29 is 4.39 Å². The molecule has 0 atom stereocenters. The second-order valence-corrected chi connectivity index (χ2v) is 10.8. The lowest BCUT2D eigenvalue weighted by molar-refractivity contribution is 0.0950. The van der Waals surface area contributed by atoms with Gasteiger partial charge in [0.05, 0.1) is 0 Å². The van der Waals surface area contributed by atoms with Gasteiger partial charge in [0, 0.05) is 0 Å². The lowest BCUT2D eigenvalue weighted by Gasteiger charge is -2.46. The monoisotopic (exact) mass is 409 g/mol. The molecule has 1 aromatic rings. The topological polar surface area (TPSA) is 3.24 Å². The summed E-state index contributed by atoms with van der Waals surface area (Å²) in [7, 11) is 0. The van der Waals surface area contributed by atoms with Crippen molar-refractivity contribution in [2.24, 2.45) is 10.8 Å². The third-order valence-corrected chi connectivity index (χ3v) is 6.91. The minimum atomic E-state index is 0. The van der Waals surface area contributed by atoms with Crippen molar-refractivity contribution in [2.45, 2.75) is 91.4 Å². The summed E-state index contributed by atoms with van der Waals surface area (Å²) in [5.41, 5.74) is 2.96. The second-order valence-electron chi connectivity index (χ2n) is 10.8. The fourth-order valence-corrected chi connectivity index (χ4v) is 6.24. The van der Waals surface area contributed by atoms with E-state index in [0.717, 1.165) is 18.4 Å². The molecule has 160 valence electrons. The van der Waals surface area contributed by atoms with E-state index in [1.807, 2.05) is 6.07 Å². The number of hydrogen-bond acceptors (Lipinski definition) is 1. The van der Waals surface area contributed by atoms with E-state index in [2.05, 4.69) is 45.6 Å². The summed E-state index contributed by atoms with van der Waals surface area (Å²) in [6, 6.07) is 5.87. The molecule has 0 unspecified atom stereocenters. The number of benzene rings is 1. The first-order valence-electron chi connectivity index (χ1n) is 11.2. The van der Waals surface area contributed by atoms with Crippen LogP contribution in [-0.2, 0) is 0 Å². The zero-order valence-electron chi connectivity index (χ0n) is 18.7. The third kappa shape index (κ3) is 5.72. The smallest absolute Gasteiger partial charge is 0.126 e. The normalized spacial score (nSPS) is 23.4. The van der Waals surface area contributed by atoms with Crippen molar-refractivity contribution in [3.8, 4) is 0 Å². The van der Waals surface area contributed by atoms with Gasteiger partial charge in [-0.05, 0) is 98.0 Å². The number of likely N-dealkylation sites (tertiary alicyclic amines) is 1. The summed E-state index contributed by atoms with van der Waals surface area (Å²) in [5.74, 6) is 0.930. The fourth-order valence-electron chi connectivity index (χ4n) is 6.24. The van der Waals surface area contributed by atoms with Crippen LogP contribution in [0, 0.1) is 16.6 Å². The molecular formula is C25H41ClFN. The van der Waals surface area contributed by atoms with E-state index in [0.29, 0.717) is 11.8 Å². The molecule has 0 N–H and O–H groups in total. The van der Waals surface area contributed by atoms with Crippen LogP contribution < -0.4 is 0 Å². The Hall–Kier alpha value is -0.600. The predicted molar refractivity (Wildman–Crippen MR) is 121 cm³/mol. The number of piperidine rings is 1. The highest BCUT2D eigenvalue weighted by Crippen LogP contribution is 2.53. The molecule has 1 aliphatic carbocycles. The van der Waals surface area contributed by atoms with Gasteiger partial charge in [0.1, 0.15) is 5.82 Å². The van der Waals surface area contributed by atoms with Gasteiger partial charge in [-0.3, -0.25) is 0 Å². The van der Waals surface area contributed by atoms with Crippen molar-refractivity contribution in [3.63, 3.8) is 0 Å². The first kappa shape index (κ1) is 23.7. The van der Waals surface area contributed by atoms with E-state index in [1.165, 1.54) is 57.3 Å². The maximum atomic E-state index is 15.1. The van der Waals surface area contributed by atoms with Crippen LogP contribution in [0.4, 0.5) is 4.39 Å². The Morgan fingerprint density at radius 2 is 1.61 bits per heavy atom. The molecule has 1 saturated carbocycles. The molecule has 0 aromatic heterocycles. The Balaban J connectivity index is 0.00000280. The van der Waals surface area contributed by atoms with Gasteiger partial charge in [0.2, 0.25) is 0 Å². The van der Waals surface area contributed by atoms with Gasteiger partial charge >= 0.3 is 0 Å². The van der Waals surface area contributed by atoms with E-state index < -0.39 is 0 Å². The van der Waals surface area contributed by atoms with Gasteiger partial charge in [-0.15, -0.1) is 12.4 Å². The fraction of sp³-hybridized carbons (Fsp3) is 0.760. The minimum Gasteiger partial charge on any atom is -0.303 e. The Labute approximate surface area is 178 Å². The van der Waals surface area contributed by atoms with Gasteiger partial charge in [0.25, 0.3) is 0 Å². The molecular weight excluding hydrogens is 369 g/mol. The predicted octanol–water partition coefficient (Wildman–Crippen LogP) is 7.55. The van der Waals surface area contributed by atoms with Crippen molar-refractivity contribution in [2.75, 3.05) is 19.6 Å². The van der Waals surface area contributed by atoms with Crippen LogP contribution in [0.15, 0.2) is 18.2 Å². The van der Waals surface area contributed by atoms with Crippen molar-refractivity contribution in [1.82, 2.24) is 4.90 Å². The average Bonchev–Trinajstić information content (AvgIpc) is 2.57. The van der Waals surface area contributed by atoms with Gasteiger partial charge in [-0.2, -0.15) is 0 Å². The largest absolute Gasteiger partial charge is 0.303 e. The van der Waals surface area contributed by atoms with E-state index >= 15 is 4.39 Å².